The van der Waals surface area contributed by atoms with Crippen LogP contribution in [0.15, 0.2) is 60.7 Å². The van der Waals surface area contributed by atoms with Crippen molar-refractivity contribution in [3.8, 4) is 0 Å². The lowest BCUT2D eigenvalue weighted by atomic mass is 9.93. The Morgan fingerprint density at radius 2 is 1.77 bits per heavy atom. The molecule has 0 aromatic heterocycles. The highest BCUT2D eigenvalue weighted by atomic mass is 35.5. The van der Waals surface area contributed by atoms with Crippen LogP contribution in [-0.2, 0) is 14.4 Å². The Bertz CT molecular complexity index is 1370. The summed E-state index contributed by atoms with van der Waals surface area (Å²) in [7, 11) is 0. The van der Waals surface area contributed by atoms with Gasteiger partial charge in [0.15, 0.2) is 0 Å². The van der Waals surface area contributed by atoms with E-state index in [1.807, 2.05) is 23.1 Å². The highest BCUT2D eigenvalue weighted by molar-refractivity contribution is 8.00. The van der Waals surface area contributed by atoms with E-state index in [0.717, 1.165) is 11.3 Å². The molecule has 2 heterocycles. The van der Waals surface area contributed by atoms with Crippen LogP contribution in [0.1, 0.15) is 44.1 Å². The Morgan fingerprint density at radius 1 is 1.05 bits per heavy atom. The maximum absolute atomic E-state index is 13.1. The van der Waals surface area contributed by atoms with Gasteiger partial charge in [-0.2, -0.15) is 0 Å². The number of carbonyl (C=O) groups is 3. The van der Waals surface area contributed by atoms with Gasteiger partial charge in [-0.05, 0) is 45.5 Å². The van der Waals surface area contributed by atoms with E-state index in [-0.39, 0.29) is 22.5 Å². The van der Waals surface area contributed by atoms with E-state index in [4.69, 9.17) is 16.7 Å². The van der Waals surface area contributed by atoms with E-state index in [0.29, 0.717) is 28.9 Å². The van der Waals surface area contributed by atoms with Crippen molar-refractivity contribution in [1.82, 2.24) is 4.90 Å². The summed E-state index contributed by atoms with van der Waals surface area (Å²) >= 11 is 9.57. The minimum atomic E-state index is -0.912. The Balaban J connectivity index is 0.000000270. The summed E-state index contributed by atoms with van der Waals surface area (Å²) in [6, 6.07) is 20.2. The van der Waals surface area contributed by atoms with E-state index < -0.39 is 12.0 Å². The molecule has 2 aliphatic heterocycles. The molecule has 3 aromatic rings. The van der Waals surface area contributed by atoms with E-state index >= 15 is 0 Å². The number of aliphatic carboxylic acids is 1. The number of amides is 2. The minimum absolute atomic E-state index is 0.0104. The molecule has 39 heavy (non-hydrogen) atoms. The summed E-state index contributed by atoms with van der Waals surface area (Å²) in [6.45, 7) is 8.56. The third kappa shape index (κ3) is 6.91. The Kier molecular flexibility index (Phi) is 9.19. The Hall–Kier alpha value is -2.68. The lowest BCUT2D eigenvalue weighted by Gasteiger charge is -2.30. The average molecular weight is 585 g/mol. The van der Waals surface area contributed by atoms with Gasteiger partial charge in [-0.25, -0.2) is 4.79 Å². The molecule has 6 nitrogen and oxygen atoms in total. The quantitative estimate of drug-likeness (QED) is 0.369. The summed E-state index contributed by atoms with van der Waals surface area (Å²) in [5.74, 6) is 0.552. The van der Waals surface area contributed by atoms with E-state index in [9.17, 15) is 14.4 Å². The number of hydrogen-bond donors (Lipinski definition) is 1. The lowest BCUT2D eigenvalue weighted by molar-refractivity contribution is -0.146. The number of anilines is 1. The number of halogens is 1. The summed E-state index contributed by atoms with van der Waals surface area (Å²) < 4.78 is 0. The maximum Gasteiger partial charge on any atom is 0.327 e. The number of thioether (sulfide) groups is 2. The van der Waals surface area contributed by atoms with E-state index in [1.165, 1.54) is 39.9 Å². The zero-order valence-corrected chi connectivity index (χ0v) is 24.9. The second-order valence-electron chi connectivity index (χ2n) is 10.8. The molecule has 1 fully saturated rings. The average Bonchev–Trinajstić information content (AvgIpc) is 3.34. The van der Waals surface area contributed by atoms with E-state index in [2.05, 4.69) is 63.2 Å². The monoisotopic (exact) mass is 584 g/mol. The van der Waals surface area contributed by atoms with Gasteiger partial charge >= 0.3 is 5.97 Å². The third-order valence-electron chi connectivity index (χ3n) is 6.55. The minimum Gasteiger partial charge on any atom is -0.480 e. The molecule has 0 radical (unpaired) electrons. The number of rotatable bonds is 3. The summed E-state index contributed by atoms with van der Waals surface area (Å²) in [5.41, 5.74) is 3.34. The van der Waals surface area contributed by atoms with Crippen LogP contribution in [0.25, 0.3) is 10.8 Å². The number of carbonyl (C=O) groups excluding carboxylic acids is 2. The van der Waals surface area contributed by atoms with Crippen LogP contribution in [0.4, 0.5) is 5.69 Å². The second kappa shape index (κ2) is 12.2. The van der Waals surface area contributed by atoms with Crippen LogP contribution >= 0.6 is 35.1 Å². The number of benzene rings is 3. The van der Waals surface area contributed by atoms with Crippen LogP contribution in [0.5, 0.6) is 0 Å². The molecule has 9 heteroatoms. The van der Waals surface area contributed by atoms with Gasteiger partial charge in [-0.1, -0.05) is 74.8 Å². The van der Waals surface area contributed by atoms with Crippen molar-refractivity contribution < 1.29 is 19.5 Å². The van der Waals surface area contributed by atoms with Gasteiger partial charge < -0.3 is 14.9 Å². The van der Waals surface area contributed by atoms with Crippen molar-refractivity contribution in [1.29, 1.82) is 0 Å². The predicted octanol–water partition coefficient (Wildman–Crippen LogP) is 6.70. The standard InChI is InChI=1S/C24H24ClNOS.C6H9NO3S/c1-24(2,3)15-26-21-12-11-17(25)13-20(21)23(28-14-22(26)27)19-10-6-8-16-7-4-5-9-18(16)19;1-4(8)7-3-11-2-5(7)6(9)10/h4-13,23H,14-15H2,1-3H3;5H,2-3H2,1H3,(H,9,10)/t23-;/m1./s1. The molecular weight excluding hydrogens is 552 g/mol. The van der Waals surface area contributed by atoms with Gasteiger partial charge in [-0.3, -0.25) is 9.59 Å². The fourth-order valence-corrected chi connectivity index (χ4v) is 7.39. The van der Waals surface area contributed by atoms with Gasteiger partial charge in [-0.15, -0.1) is 23.5 Å². The molecule has 2 amide bonds. The molecule has 2 aliphatic rings. The van der Waals surface area contributed by atoms with Gasteiger partial charge in [0.05, 0.1) is 16.9 Å². The third-order valence-corrected chi connectivity index (χ3v) is 9.05. The van der Waals surface area contributed by atoms with Crippen molar-refractivity contribution in [3.63, 3.8) is 0 Å². The maximum atomic E-state index is 13.1. The molecule has 206 valence electrons. The molecule has 0 saturated carbocycles. The molecular formula is C30H33ClN2O4S2. The SMILES string of the molecule is CC(=O)N1CSCC1C(=O)O.CC(C)(C)CN1C(=O)CS[C@H](c2cccc3ccccc23)c2cc(Cl)ccc21. The number of hydrogen-bond acceptors (Lipinski definition) is 5. The van der Waals surface area contributed by atoms with Crippen molar-refractivity contribution in [2.45, 2.75) is 39.0 Å². The molecule has 0 aliphatic carbocycles. The van der Waals surface area contributed by atoms with Gasteiger partial charge in [0.2, 0.25) is 11.8 Å². The number of fused-ring (bicyclic) bond motifs is 2. The molecule has 0 spiro atoms. The van der Waals surface area contributed by atoms with Gasteiger partial charge in [0.25, 0.3) is 0 Å². The fraction of sp³-hybridized carbons (Fsp3) is 0.367. The summed E-state index contributed by atoms with van der Waals surface area (Å²) in [4.78, 5) is 37.7. The van der Waals surface area contributed by atoms with Crippen LogP contribution in [0.2, 0.25) is 5.02 Å². The number of nitrogens with zero attached hydrogens (tertiary/aromatic N) is 2. The normalized spacial score (nSPS) is 19.3. The molecule has 5 rings (SSSR count). The molecule has 0 bridgehead atoms. The molecule has 2 atom stereocenters. The zero-order valence-electron chi connectivity index (χ0n) is 22.5. The lowest BCUT2D eigenvalue weighted by Crippen LogP contribution is -2.40. The largest absolute Gasteiger partial charge is 0.480 e. The first-order chi connectivity index (χ1) is 18.5. The Labute approximate surface area is 243 Å². The van der Waals surface area contributed by atoms with Crippen molar-refractivity contribution in [3.05, 3.63) is 76.8 Å². The highest BCUT2D eigenvalue weighted by Gasteiger charge is 2.33. The summed E-state index contributed by atoms with van der Waals surface area (Å²) in [6.07, 6.45) is 0. The molecule has 1 unspecified atom stereocenters. The van der Waals surface area contributed by atoms with Crippen molar-refractivity contribution in [2.24, 2.45) is 5.41 Å². The van der Waals surface area contributed by atoms with Gasteiger partial charge in [0, 0.05) is 29.9 Å². The first kappa shape index (κ1) is 29.3. The van der Waals surface area contributed by atoms with Crippen molar-refractivity contribution in [2.75, 3.05) is 28.8 Å². The van der Waals surface area contributed by atoms with Crippen LogP contribution in [0.3, 0.4) is 0 Å². The van der Waals surface area contributed by atoms with Crippen LogP contribution in [0, 0.1) is 5.41 Å². The second-order valence-corrected chi connectivity index (χ2v) is 13.4. The number of carboxylic acid groups (broad SMARTS) is 1. The molecule has 3 aromatic carbocycles. The first-order valence-electron chi connectivity index (χ1n) is 12.7. The highest BCUT2D eigenvalue weighted by Crippen LogP contribution is 2.46. The predicted molar refractivity (Wildman–Crippen MR) is 163 cm³/mol. The van der Waals surface area contributed by atoms with Crippen LogP contribution in [-0.4, -0.2) is 57.8 Å². The zero-order chi connectivity index (χ0) is 28.3. The molecule has 1 saturated heterocycles. The van der Waals surface area contributed by atoms with Crippen LogP contribution < -0.4 is 4.90 Å². The smallest absolute Gasteiger partial charge is 0.327 e. The summed E-state index contributed by atoms with van der Waals surface area (Å²) in [5, 5.41) is 11.8. The van der Waals surface area contributed by atoms with E-state index in [1.54, 1.807) is 11.8 Å². The topological polar surface area (TPSA) is 77.9 Å². The number of carboxylic acids is 1. The fourth-order valence-electron chi connectivity index (χ4n) is 4.78. The Morgan fingerprint density at radius 3 is 2.44 bits per heavy atom. The molecule has 1 N–H and O–H groups in total. The van der Waals surface area contributed by atoms with Gasteiger partial charge in [0.1, 0.15) is 6.04 Å². The first-order valence-corrected chi connectivity index (χ1v) is 15.3. The van der Waals surface area contributed by atoms with Crippen molar-refractivity contribution >= 4 is 69.4 Å².